The van der Waals surface area contributed by atoms with Gasteiger partial charge in [0.1, 0.15) is 0 Å². The molecule has 176 valence electrons. The fraction of sp³-hybridized carbons (Fsp3) is 0.250. The van der Waals surface area contributed by atoms with E-state index in [1.54, 1.807) is 12.4 Å². The third kappa shape index (κ3) is 5.75. The molecule has 0 radical (unpaired) electrons. The maximum atomic E-state index is 5.65. The van der Waals surface area contributed by atoms with Crippen molar-refractivity contribution in [2.75, 3.05) is 10.6 Å². The molecule has 5 nitrogen and oxygen atoms in total. The first-order valence-electron chi connectivity index (χ1n) is 11.1. The number of nitrogens with two attached hydrogens (primary N) is 1. The van der Waals surface area contributed by atoms with Crippen molar-refractivity contribution in [1.29, 1.82) is 0 Å². The lowest BCUT2D eigenvalue weighted by Crippen LogP contribution is -2.40. The van der Waals surface area contributed by atoms with E-state index in [-0.39, 0.29) is 11.5 Å². The molecule has 1 heterocycles. The SMILES string of the molecule is C=C(SN=C(C)C)c1ccccc1C(=C)N(c1ccc(-c2cnc(N)nc2)cc1C)C(C)(C)C. The third-order valence-electron chi connectivity index (χ3n) is 5.26. The summed E-state index contributed by atoms with van der Waals surface area (Å²) in [6.45, 7) is 21.5. The van der Waals surface area contributed by atoms with Crippen LogP contribution in [-0.2, 0) is 0 Å². The van der Waals surface area contributed by atoms with Crippen molar-refractivity contribution in [2.45, 2.75) is 47.1 Å². The molecular weight excluding hydrogens is 438 g/mol. The highest BCUT2D eigenvalue weighted by Crippen LogP contribution is 2.39. The van der Waals surface area contributed by atoms with Crippen LogP contribution in [0.2, 0.25) is 0 Å². The summed E-state index contributed by atoms with van der Waals surface area (Å²) in [7, 11) is 0. The van der Waals surface area contributed by atoms with Crippen LogP contribution in [0.15, 0.2) is 72.4 Å². The molecule has 0 aliphatic heterocycles. The normalized spacial score (nSPS) is 11.1. The summed E-state index contributed by atoms with van der Waals surface area (Å²) in [4.78, 5) is 11.4. The van der Waals surface area contributed by atoms with Crippen molar-refractivity contribution in [2.24, 2.45) is 4.40 Å². The number of aryl methyl sites for hydroxylation is 1. The summed E-state index contributed by atoms with van der Waals surface area (Å²) >= 11 is 1.40. The number of hydrogen-bond acceptors (Lipinski definition) is 6. The number of benzene rings is 2. The van der Waals surface area contributed by atoms with Crippen molar-refractivity contribution in [3.8, 4) is 11.1 Å². The third-order valence-corrected chi connectivity index (χ3v) is 6.16. The topological polar surface area (TPSA) is 67.4 Å². The molecule has 0 unspecified atom stereocenters. The molecule has 34 heavy (non-hydrogen) atoms. The molecule has 2 N–H and O–H groups in total. The Labute approximate surface area is 207 Å². The van der Waals surface area contributed by atoms with Crippen molar-refractivity contribution < 1.29 is 0 Å². The Morgan fingerprint density at radius 1 is 0.971 bits per heavy atom. The number of rotatable bonds is 7. The summed E-state index contributed by atoms with van der Waals surface area (Å²) < 4.78 is 4.48. The molecule has 3 aromatic rings. The Bertz CT molecular complexity index is 1230. The maximum absolute atomic E-state index is 5.65. The highest BCUT2D eigenvalue weighted by atomic mass is 32.2. The highest BCUT2D eigenvalue weighted by molar-refractivity contribution is 8.07. The van der Waals surface area contributed by atoms with E-state index >= 15 is 0 Å². The second-order valence-electron chi connectivity index (χ2n) is 9.38. The highest BCUT2D eigenvalue weighted by Gasteiger charge is 2.28. The largest absolute Gasteiger partial charge is 0.368 e. The lowest BCUT2D eigenvalue weighted by molar-refractivity contribution is 0.563. The van der Waals surface area contributed by atoms with Crippen LogP contribution in [0, 0.1) is 6.92 Å². The van der Waals surface area contributed by atoms with Gasteiger partial charge < -0.3 is 10.6 Å². The van der Waals surface area contributed by atoms with Gasteiger partial charge in [-0.1, -0.05) is 43.5 Å². The van der Waals surface area contributed by atoms with Crippen LogP contribution in [0.3, 0.4) is 0 Å². The van der Waals surface area contributed by atoms with E-state index in [1.165, 1.54) is 11.9 Å². The first-order chi connectivity index (χ1) is 16.0. The van der Waals surface area contributed by atoms with Gasteiger partial charge in [0.15, 0.2) is 0 Å². The van der Waals surface area contributed by atoms with Gasteiger partial charge >= 0.3 is 0 Å². The van der Waals surface area contributed by atoms with E-state index in [2.05, 4.69) is 90.5 Å². The molecular formula is C28H33N5S. The van der Waals surface area contributed by atoms with Crippen LogP contribution in [-0.4, -0.2) is 21.2 Å². The quantitative estimate of drug-likeness (QED) is 0.287. The minimum Gasteiger partial charge on any atom is -0.368 e. The van der Waals surface area contributed by atoms with Gasteiger partial charge in [-0.15, -0.1) is 0 Å². The van der Waals surface area contributed by atoms with Crippen molar-refractivity contribution >= 4 is 39.9 Å². The Morgan fingerprint density at radius 3 is 2.15 bits per heavy atom. The molecule has 0 aliphatic carbocycles. The maximum Gasteiger partial charge on any atom is 0.219 e. The lowest BCUT2D eigenvalue weighted by atomic mass is 9.96. The molecule has 0 saturated carbocycles. The summed E-state index contributed by atoms with van der Waals surface area (Å²) in [5.41, 5.74) is 13.6. The van der Waals surface area contributed by atoms with E-state index in [0.717, 1.165) is 49.8 Å². The second kappa shape index (κ2) is 10.3. The van der Waals surface area contributed by atoms with Gasteiger partial charge in [0.25, 0.3) is 0 Å². The summed E-state index contributed by atoms with van der Waals surface area (Å²) in [6.07, 6.45) is 3.49. The molecule has 6 heteroatoms. The Balaban J connectivity index is 2.04. The van der Waals surface area contributed by atoms with Crippen LogP contribution in [0.25, 0.3) is 21.7 Å². The van der Waals surface area contributed by atoms with Crippen molar-refractivity contribution in [1.82, 2.24) is 9.97 Å². The van der Waals surface area contributed by atoms with E-state index < -0.39 is 0 Å². The van der Waals surface area contributed by atoms with E-state index in [9.17, 15) is 0 Å². The summed E-state index contributed by atoms with van der Waals surface area (Å²) in [6, 6.07) is 14.6. The number of nitrogens with zero attached hydrogens (tertiary/aromatic N) is 4. The molecule has 0 amide bonds. The molecule has 0 fully saturated rings. The summed E-state index contributed by atoms with van der Waals surface area (Å²) in [5, 5.41) is 0. The molecule has 0 aliphatic rings. The van der Waals surface area contributed by atoms with Gasteiger partial charge in [-0.25, -0.2) is 14.4 Å². The fourth-order valence-electron chi connectivity index (χ4n) is 3.78. The van der Waals surface area contributed by atoms with Crippen molar-refractivity contribution in [3.05, 3.63) is 84.7 Å². The number of anilines is 2. The fourth-order valence-corrected chi connectivity index (χ4v) is 4.35. The summed E-state index contributed by atoms with van der Waals surface area (Å²) in [5.74, 6) is 0.269. The molecule has 3 rings (SSSR count). The Morgan fingerprint density at radius 2 is 1.59 bits per heavy atom. The molecule has 0 bridgehead atoms. The van der Waals surface area contributed by atoms with Crippen molar-refractivity contribution in [3.63, 3.8) is 0 Å². The first kappa shape index (κ1) is 25.2. The lowest BCUT2D eigenvalue weighted by Gasteiger charge is -2.40. The average Bonchev–Trinajstić information content (AvgIpc) is 2.78. The molecule has 0 atom stereocenters. The number of aromatic nitrogens is 2. The van der Waals surface area contributed by atoms with E-state index in [1.807, 2.05) is 26.0 Å². The zero-order valence-corrected chi connectivity index (χ0v) is 21.7. The standard InChI is InChI=1S/C28H33N5S/c1-18(2)32-34-21(5)25-12-10-9-11-24(25)20(4)33(28(6,7)8)26-14-13-22(15-19(26)3)23-16-30-27(29)31-17-23/h9-17H,4-5H2,1-3,6-8H3,(H2,29,30,31). The monoisotopic (exact) mass is 471 g/mol. The average molecular weight is 472 g/mol. The van der Waals surface area contributed by atoms with Gasteiger partial charge in [0, 0.05) is 63.0 Å². The van der Waals surface area contributed by atoms with Gasteiger partial charge in [-0.05, 0) is 70.4 Å². The zero-order chi connectivity index (χ0) is 25.0. The van der Waals surface area contributed by atoms with Crippen LogP contribution in [0.4, 0.5) is 11.6 Å². The number of nitrogen functional groups attached to an aromatic ring is 1. The first-order valence-corrected chi connectivity index (χ1v) is 11.9. The van der Waals surface area contributed by atoms with E-state index in [4.69, 9.17) is 5.73 Å². The minimum absolute atomic E-state index is 0.215. The van der Waals surface area contributed by atoms with E-state index in [0.29, 0.717) is 0 Å². The molecule has 2 aromatic carbocycles. The second-order valence-corrected chi connectivity index (χ2v) is 10.2. The van der Waals surface area contributed by atoms with Crippen LogP contribution < -0.4 is 10.6 Å². The number of hydrogen-bond donors (Lipinski definition) is 1. The molecule has 0 saturated heterocycles. The van der Waals surface area contributed by atoms with Gasteiger partial charge in [0.2, 0.25) is 5.95 Å². The van der Waals surface area contributed by atoms with Crippen LogP contribution >= 0.6 is 11.9 Å². The Hall–Kier alpha value is -3.38. The van der Waals surface area contributed by atoms with Gasteiger partial charge in [0.05, 0.1) is 0 Å². The van der Waals surface area contributed by atoms with Gasteiger partial charge in [-0.3, -0.25) is 0 Å². The smallest absolute Gasteiger partial charge is 0.219 e. The predicted molar refractivity (Wildman–Crippen MR) is 150 cm³/mol. The Kier molecular flexibility index (Phi) is 7.62. The minimum atomic E-state index is -0.215. The van der Waals surface area contributed by atoms with Crippen LogP contribution in [0.5, 0.6) is 0 Å². The predicted octanol–water partition coefficient (Wildman–Crippen LogP) is 7.41. The van der Waals surface area contributed by atoms with Gasteiger partial charge in [-0.2, -0.15) is 0 Å². The zero-order valence-electron chi connectivity index (χ0n) is 20.9. The molecule has 0 spiro atoms. The molecule has 1 aromatic heterocycles. The van der Waals surface area contributed by atoms with Crippen LogP contribution in [0.1, 0.15) is 51.3 Å².